The quantitative estimate of drug-likeness (QED) is 0.515. The number of thioether (sulfide) groups is 1. The molecule has 0 radical (unpaired) electrons. The number of carbonyl (C=O) groups excluding carboxylic acids is 2. The number of nitrogens with one attached hydrogen (secondary N) is 1. The molecule has 30 heavy (non-hydrogen) atoms. The number of aryl methyl sites for hydroxylation is 1. The zero-order valence-electron chi connectivity index (χ0n) is 18.0. The number of nitrogens with zero attached hydrogens (tertiary/aromatic N) is 1. The second-order valence-corrected chi connectivity index (χ2v) is 8.70. The molecule has 0 aliphatic carbocycles. The van der Waals surface area contributed by atoms with Gasteiger partial charge in [-0.25, -0.2) is 0 Å². The van der Waals surface area contributed by atoms with Crippen molar-refractivity contribution in [3.05, 3.63) is 70.2 Å². The van der Waals surface area contributed by atoms with Crippen molar-refractivity contribution >= 4 is 35.2 Å². The van der Waals surface area contributed by atoms with E-state index in [1.807, 2.05) is 63.2 Å². The van der Waals surface area contributed by atoms with Crippen LogP contribution in [0.5, 0.6) is 0 Å². The molecular formula is C24H31ClN2O2S. The topological polar surface area (TPSA) is 49.4 Å². The van der Waals surface area contributed by atoms with Gasteiger partial charge in [0.05, 0.1) is 5.75 Å². The van der Waals surface area contributed by atoms with Crippen LogP contribution in [0.1, 0.15) is 43.4 Å². The van der Waals surface area contributed by atoms with Crippen molar-refractivity contribution in [3.8, 4) is 0 Å². The minimum Gasteiger partial charge on any atom is -0.354 e. The molecule has 2 aromatic rings. The Hall–Kier alpha value is -1.98. The van der Waals surface area contributed by atoms with E-state index >= 15 is 0 Å². The fraction of sp³-hybridized carbons (Fsp3) is 0.417. The molecule has 0 aliphatic rings. The molecule has 0 heterocycles. The summed E-state index contributed by atoms with van der Waals surface area (Å²) >= 11 is 7.75. The summed E-state index contributed by atoms with van der Waals surface area (Å²) in [5.74, 6) is 0.834. The summed E-state index contributed by atoms with van der Waals surface area (Å²) in [7, 11) is 0. The normalized spacial score (nSPS) is 11.7. The van der Waals surface area contributed by atoms with Crippen LogP contribution in [0.3, 0.4) is 0 Å². The highest BCUT2D eigenvalue weighted by Crippen LogP contribution is 2.22. The zero-order valence-corrected chi connectivity index (χ0v) is 19.6. The fourth-order valence-electron chi connectivity index (χ4n) is 3.24. The molecule has 0 spiro atoms. The van der Waals surface area contributed by atoms with E-state index in [1.165, 1.54) is 11.8 Å². The lowest BCUT2D eigenvalue weighted by Crippen LogP contribution is -2.49. The maximum Gasteiger partial charge on any atom is 0.242 e. The maximum absolute atomic E-state index is 13.2. The average Bonchev–Trinajstić information content (AvgIpc) is 2.73. The Morgan fingerprint density at radius 3 is 2.57 bits per heavy atom. The SMILES string of the molecule is CCCNC(=O)[C@H](CC)N(Cc1cccc(C)c1)C(=O)CSCc1ccccc1Cl. The number of halogens is 1. The molecule has 0 saturated carbocycles. The molecule has 1 N–H and O–H groups in total. The molecule has 2 aromatic carbocycles. The van der Waals surface area contributed by atoms with Gasteiger partial charge in [0.25, 0.3) is 0 Å². The number of hydrogen-bond donors (Lipinski definition) is 1. The Balaban J connectivity index is 2.12. The van der Waals surface area contributed by atoms with Gasteiger partial charge in [-0.2, -0.15) is 0 Å². The Labute approximate surface area is 189 Å². The first-order chi connectivity index (χ1) is 14.5. The van der Waals surface area contributed by atoms with Crippen molar-refractivity contribution in [3.63, 3.8) is 0 Å². The minimum absolute atomic E-state index is 0.0351. The molecule has 6 heteroatoms. The van der Waals surface area contributed by atoms with Gasteiger partial charge in [-0.1, -0.05) is 73.5 Å². The van der Waals surface area contributed by atoms with Crippen LogP contribution in [0, 0.1) is 6.92 Å². The van der Waals surface area contributed by atoms with Crippen molar-refractivity contribution in [2.45, 2.75) is 52.0 Å². The lowest BCUT2D eigenvalue weighted by molar-refractivity contribution is -0.139. The molecule has 0 saturated heterocycles. The maximum atomic E-state index is 13.2. The Morgan fingerprint density at radius 1 is 1.13 bits per heavy atom. The number of amides is 2. The van der Waals surface area contributed by atoms with Gasteiger partial charge in [-0.3, -0.25) is 9.59 Å². The monoisotopic (exact) mass is 446 g/mol. The highest BCUT2D eigenvalue weighted by Gasteiger charge is 2.28. The molecule has 0 bridgehead atoms. The first-order valence-corrected chi connectivity index (χ1v) is 11.9. The van der Waals surface area contributed by atoms with E-state index in [4.69, 9.17) is 11.6 Å². The average molecular weight is 447 g/mol. The van der Waals surface area contributed by atoms with Crippen molar-refractivity contribution in [1.82, 2.24) is 10.2 Å². The third-order valence-electron chi connectivity index (χ3n) is 4.81. The first-order valence-electron chi connectivity index (χ1n) is 10.4. The molecule has 0 aromatic heterocycles. The van der Waals surface area contributed by atoms with Crippen LogP contribution in [-0.4, -0.2) is 35.1 Å². The van der Waals surface area contributed by atoms with Gasteiger partial charge in [0.2, 0.25) is 11.8 Å². The van der Waals surface area contributed by atoms with Gasteiger partial charge in [0, 0.05) is 23.9 Å². The highest BCUT2D eigenvalue weighted by molar-refractivity contribution is 7.99. The van der Waals surface area contributed by atoms with Crippen LogP contribution in [0.2, 0.25) is 5.02 Å². The van der Waals surface area contributed by atoms with E-state index in [0.717, 1.165) is 23.1 Å². The second-order valence-electron chi connectivity index (χ2n) is 7.31. The molecule has 2 rings (SSSR count). The van der Waals surface area contributed by atoms with Gasteiger partial charge < -0.3 is 10.2 Å². The van der Waals surface area contributed by atoms with E-state index in [2.05, 4.69) is 11.4 Å². The molecule has 162 valence electrons. The van der Waals surface area contributed by atoms with E-state index < -0.39 is 6.04 Å². The summed E-state index contributed by atoms with van der Waals surface area (Å²) in [5, 5.41) is 3.66. The Kier molecular flexibility index (Phi) is 10.2. The van der Waals surface area contributed by atoms with Gasteiger partial charge in [-0.15, -0.1) is 11.8 Å². The minimum atomic E-state index is -0.481. The second kappa shape index (κ2) is 12.7. The molecule has 1 atom stereocenters. The third kappa shape index (κ3) is 7.37. The number of carbonyl (C=O) groups is 2. The molecule has 0 unspecified atom stereocenters. The van der Waals surface area contributed by atoms with Crippen LogP contribution in [-0.2, 0) is 21.9 Å². The lowest BCUT2D eigenvalue weighted by Gasteiger charge is -2.30. The highest BCUT2D eigenvalue weighted by atomic mass is 35.5. The van der Waals surface area contributed by atoms with Crippen LogP contribution in [0.4, 0.5) is 0 Å². The van der Waals surface area contributed by atoms with Crippen molar-refractivity contribution in [1.29, 1.82) is 0 Å². The Morgan fingerprint density at radius 2 is 1.90 bits per heavy atom. The lowest BCUT2D eigenvalue weighted by atomic mass is 10.1. The number of hydrogen-bond acceptors (Lipinski definition) is 3. The van der Waals surface area contributed by atoms with Crippen LogP contribution in [0.15, 0.2) is 48.5 Å². The van der Waals surface area contributed by atoms with Gasteiger partial charge in [0.15, 0.2) is 0 Å². The van der Waals surface area contributed by atoms with Crippen LogP contribution < -0.4 is 5.32 Å². The third-order valence-corrected chi connectivity index (χ3v) is 6.15. The van der Waals surface area contributed by atoms with Crippen LogP contribution in [0.25, 0.3) is 0 Å². The van der Waals surface area contributed by atoms with E-state index in [9.17, 15) is 9.59 Å². The summed E-state index contributed by atoms with van der Waals surface area (Å²) in [4.78, 5) is 27.6. The summed E-state index contributed by atoms with van der Waals surface area (Å²) in [6, 6.07) is 15.3. The molecule has 2 amide bonds. The Bertz CT molecular complexity index is 843. The van der Waals surface area contributed by atoms with E-state index in [0.29, 0.717) is 36.0 Å². The van der Waals surface area contributed by atoms with E-state index in [-0.39, 0.29) is 11.8 Å². The van der Waals surface area contributed by atoms with Gasteiger partial charge in [-0.05, 0) is 37.0 Å². The van der Waals surface area contributed by atoms with Crippen LogP contribution >= 0.6 is 23.4 Å². The molecule has 4 nitrogen and oxygen atoms in total. The standard InChI is InChI=1S/C24H31ClN2O2S/c1-4-13-26-24(29)22(5-2)27(15-19-10-8-9-18(3)14-19)23(28)17-30-16-20-11-6-7-12-21(20)25/h6-12,14,22H,4-5,13,15-17H2,1-3H3,(H,26,29)/t22-/m0/s1. The summed E-state index contributed by atoms with van der Waals surface area (Å²) in [6.07, 6.45) is 1.43. The van der Waals surface area contributed by atoms with Crippen molar-refractivity contribution in [2.75, 3.05) is 12.3 Å². The number of benzene rings is 2. The fourth-order valence-corrected chi connectivity index (χ4v) is 4.44. The molecule has 0 fully saturated rings. The summed E-state index contributed by atoms with van der Waals surface area (Å²) in [6.45, 7) is 7.03. The smallest absolute Gasteiger partial charge is 0.242 e. The zero-order chi connectivity index (χ0) is 21.9. The van der Waals surface area contributed by atoms with Crippen molar-refractivity contribution < 1.29 is 9.59 Å². The predicted molar refractivity (Wildman–Crippen MR) is 127 cm³/mol. The van der Waals surface area contributed by atoms with Gasteiger partial charge >= 0.3 is 0 Å². The summed E-state index contributed by atoms with van der Waals surface area (Å²) in [5.41, 5.74) is 3.17. The number of rotatable bonds is 11. The van der Waals surface area contributed by atoms with Gasteiger partial charge in [0.1, 0.15) is 6.04 Å². The van der Waals surface area contributed by atoms with E-state index in [1.54, 1.807) is 4.90 Å². The summed E-state index contributed by atoms with van der Waals surface area (Å²) < 4.78 is 0. The largest absolute Gasteiger partial charge is 0.354 e. The molecule has 0 aliphatic heterocycles. The molecular weight excluding hydrogens is 416 g/mol. The first kappa shape index (κ1) is 24.3. The van der Waals surface area contributed by atoms with Crippen molar-refractivity contribution in [2.24, 2.45) is 0 Å². The predicted octanol–water partition coefficient (Wildman–Crippen LogP) is 5.22.